The molecule has 9 nitrogen and oxygen atoms in total. The lowest BCUT2D eigenvalue weighted by molar-refractivity contribution is -0.334. The average molecular weight is 274 g/mol. The fourth-order valence-electron chi connectivity index (χ4n) is 1.51. The molecule has 0 aromatic heterocycles. The van der Waals surface area contributed by atoms with Crippen molar-refractivity contribution in [1.82, 2.24) is 0 Å². The third-order valence-corrected chi connectivity index (χ3v) is 2.81. The number of hydrogen-bond donors (Lipinski definition) is 6. The van der Waals surface area contributed by atoms with E-state index in [9.17, 15) is 19.9 Å². The van der Waals surface area contributed by atoms with Crippen LogP contribution in [-0.2, 0) is 13.8 Å². The summed E-state index contributed by atoms with van der Waals surface area (Å²) in [7, 11) is -4.84. The van der Waals surface area contributed by atoms with Crippen molar-refractivity contribution in [3.63, 3.8) is 0 Å². The Balaban J connectivity index is 2.72. The minimum Gasteiger partial charge on any atom is -0.394 e. The molecule has 1 aliphatic heterocycles. The van der Waals surface area contributed by atoms with E-state index in [1.807, 2.05) is 0 Å². The number of hydrogen-bond acceptors (Lipinski definition) is 7. The van der Waals surface area contributed by atoms with E-state index in [1.165, 1.54) is 0 Å². The van der Waals surface area contributed by atoms with Gasteiger partial charge >= 0.3 is 7.82 Å². The van der Waals surface area contributed by atoms with E-state index in [4.69, 9.17) is 19.6 Å². The molecule has 0 spiro atoms. The van der Waals surface area contributed by atoms with Crippen LogP contribution in [0.3, 0.4) is 0 Å². The number of phosphoric ester groups is 1. The van der Waals surface area contributed by atoms with Crippen LogP contribution < -0.4 is 0 Å². The van der Waals surface area contributed by atoms with Crippen LogP contribution in [0.15, 0.2) is 0 Å². The van der Waals surface area contributed by atoms with Crippen molar-refractivity contribution >= 4 is 7.82 Å². The molecule has 0 amide bonds. The van der Waals surface area contributed by atoms with Crippen molar-refractivity contribution in [1.29, 1.82) is 0 Å². The van der Waals surface area contributed by atoms with Crippen LogP contribution in [0.1, 0.15) is 6.42 Å². The Morgan fingerprint density at radius 3 is 2.47 bits per heavy atom. The SMILES string of the molecule is O=P(O)(O)OC[C@@]1(O)OC(CO)CC(O)C1O. The third-order valence-electron chi connectivity index (χ3n) is 2.34. The lowest BCUT2D eigenvalue weighted by Crippen LogP contribution is -2.60. The average Bonchev–Trinajstić information content (AvgIpc) is 2.22. The van der Waals surface area contributed by atoms with Gasteiger partial charge in [-0.15, -0.1) is 0 Å². The highest BCUT2D eigenvalue weighted by atomic mass is 31.2. The molecular formula is C7H15O9P. The van der Waals surface area contributed by atoms with Gasteiger partial charge < -0.3 is 34.9 Å². The number of phosphoric acid groups is 1. The van der Waals surface area contributed by atoms with E-state index in [-0.39, 0.29) is 6.42 Å². The van der Waals surface area contributed by atoms with Gasteiger partial charge in [-0.25, -0.2) is 4.57 Å². The topological polar surface area (TPSA) is 157 Å². The van der Waals surface area contributed by atoms with Crippen LogP contribution in [0.2, 0.25) is 0 Å². The van der Waals surface area contributed by atoms with Gasteiger partial charge in [0.15, 0.2) is 0 Å². The fraction of sp³-hybridized carbons (Fsp3) is 1.00. The van der Waals surface area contributed by atoms with Crippen molar-refractivity contribution in [3.05, 3.63) is 0 Å². The monoisotopic (exact) mass is 274 g/mol. The predicted octanol–water partition coefficient (Wildman–Crippen LogP) is -2.71. The van der Waals surface area contributed by atoms with Gasteiger partial charge in [-0.3, -0.25) is 4.52 Å². The molecule has 0 bridgehead atoms. The largest absolute Gasteiger partial charge is 0.469 e. The van der Waals surface area contributed by atoms with Gasteiger partial charge in [0.25, 0.3) is 0 Å². The molecule has 1 heterocycles. The van der Waals surface area contributed by atoms with Crippen LogP contribution in [-0.4, -0.2) is 67.5 Å². The van der Waals surface area contributed by atoms with Gasteiger partial charge in [0.05, 0.1) is 18.8 Å². The summed E-state index contributed by atoms with van der Waals surface area (Å²) in [6.45, 7) is -1.56. The summed E-state index contributed by atoms with van der Waals surface area (Å²) >= 11 is 0. The van der Waals surface area contributed by atoms with Crippen molar-refractivity contribution in [2.24, 2.45) is 0 Å². The van der Waals surface area contributed by atoms with E-state index < -0.39 is 45.1 Å². The summed E-state index contributed by atoms with van der Waals surface area (Å²) in [5.74, 6) is -2.48. The third kappa shape index (κ3) is 3.95. The Labute approximate surface area is 96.5 Å². The van der Waals surface area contributed by atoms with Gasteiger partial charge in [-0.1, -0.05) is 0 Å². The molecule has 17 heavy (non-hydrogen) atoms. The Kier molecular flexibility index (Phi) is 4.64. The standard InChI is InChI=1S/C7H15O9P/c8-2-4-1-5(9)6(10)7(11,16-4)3-15-17(12,13)14/h4-6,8-11H,1-3H2,(H2,12,13,14)/t4?,5?,6?,7-/m1/s1. The normalized spacial score (nSPS) is 39.3. The number of aliphatic hydroxyl groups excluding tert-OH is 3. The number of ether oxygens (including phenoxy) is 1. The smallest absolute Gasteiger partial charge is 0.394 e. The molecule has 1 saturated heterocycles. The minimum absolute atomic E-state index is 0.115. The predicted molar refractivity (Wildman–Crippen MR) is 51.5 cm³/mol. The molecule has 4 atom stereocenters. The second-order valence-electron chi connectivity index (χ2n) is 3.78. The zero-order valence-electron chi connectivity index (χ0n) is 8.71. The molecule has 6 N–H and O–H groups in total. The van der Waals surface area contributed by atoms with Crippen LogP contribution in [0.5, 0.6) is 0 Å². The van der Waals surface area contributed by atoms with E-state index in [1.54, 1.807) is 0 Å². The van der Waals surface area contributed by atoms with E-state index in [0.29, 0.717) is 0 Å². The van der Waals surface area contributed by atoms with Crippen molar-refractivity contribution in [3.8, 4) is 0 Å². The molecule has 1 aliphatic rings. The Hall–Kier alpha value is -0.0900. The van der Waals surface area contributed by atoms with Crippen LogP contribution in [0.25, 0.3) is 0 Å². The summed E-state index contributed by atoms with van der Waals surface area (Å²) in [5.41, 5.74) is 0. The summed E-state index contributed by atoms with van der Waals surface area (Å²) in [6.07, 6.45) is -4.27. The summed E-state index contributed by atoms with van der Waals surface area (Å²) in [6, 6.07) is 0. The maximum atomic E-state index is 10.5. The van der Waals surface area contributed by atoms with Crippen LogP contribution >= 0.6 is 7.82 Å². The summed E-state index contributed by atoms with van der Waals surface area (Å²) < 4.78 is 19.3. The Morgan fingerprint density at radius 2 is 2.00 bits per heavy atom. The van der Waals surface area contributed by atoms with Crippen LogP contribution in [0, 0.1) is 0 Å². The van der Waals surface area contributed by atoms with Gasteiger partial charge in [-0.2, -0.15) is 0 Å². The first-order chi connectivity index (χ1) is 7.68. The van der Waals surface area contributed by atoms with Crippen molar-refractivity contribution in [2.45, 2.75) is 30.5 Å². The molecule has 10 heteroatoms. The Morgan fingerprint density at radius 1 is 1.41 bits per heavy atom. The molecule has 0 aliphatic carbocycles. The Bertz CT molecular complexity index is 304. The molecule has 3 unspecified atom stereocenters. The van der Waals surface area contributed by atoms with Crippen LogP contribution in [0.4, 0.5) is 0 Å². The summed E-state index contributed by atoms with van der Waals surface area (Å²) in [4.78, 5) is 16.9. The summed E-state index contributed by atoms with van der Waals surface area (Å²) in [5, 5.41) is 37.5. The van der Waals surface area contributed by atoms with Gasteiger partial charge in [0.2, 0.25) is 5.79 Å². The minimum atomic E-state index is -4.84. The van der Waals surface area contributed by atoms with Gasteiger partial charge in [0, 0.05) is 6.42 Å². The first-order valence-electron chi connectivity index (χ1n) is 4.75. The molecule has 0 aromatic carbocycles. The van der Waals surface area contributed by atoms with E-state index in [2.05, 4.69) is 4.52 Å². The molecule has 102 valence electrons. The van der Waals surface area contributed by atoms with E-state index >= 15 is 0 Å². The van der Waals surface area contributed by atoms with E-state index in [0.717, 1.165) is 0 Å². The first-order valence-corrected chi connectivity index (χ1v) is 6.28. The highest BCUT2D eigenvalue weighted by Crippen LogP contribution is 2.39. The lowest BCUT2D eigenvalue weighted by Gasteiger charge is -2.42. The van der Waals surface area contributed by atoms with Gasteiger partial charge in [-0.05, 0) is 0 Å². The maximum Gasteiger partial charge on any atom is 0.469 e. The highest BCUT2D eigenvalue weighted by molar-refractivity contribution is 7.46. The quantitative estimate of drug-likeness (QED) is 0.300. The zero-order chi connectivity index (χ0) is 13.3. The van der Waals surface area contributed by atoms with Crippen molar-refractivity contribution in [2.75, 3.05) is 13.2 Å². The highest BCUT2D eigenvalue weighted by Gasteiger charge is 2.49. The molecule has 0 radical (unpaired) electrons. The molecule has 1 fully saturated rings. The maximum absolute atomic E-state index is 10.5. The zero-order valence-corrected chi connectivity index (χ0v) is 9.60. The second-order valence-corrected chi connectivity index (χ2v) is 5.02. The number of aliphatic hydroxyl groups is 4. The molecule has 0 saturated carbocycles. The number of rotatable bonds is 4. The lowest BCUT2D eigenvalue weighted by atomic mass is 9.96. The van der Waals surface area contributed by atoms with Crippen molar-refractivity contribution < 1.29 is 44.0 Å². The second kappa shape index (κ2) is 5.27. The van der Waals surface area contributed by atoms with Gasteiger partial charge in [0.1, 0.15) is 12.7 Å². The fourth-order valence-corrected chi connectivity index (χ4v) is 1.87. The molecule has 1 rings (SSSR count). The molecular weight excluding hydrogens is 259 g/mol. The molecule has 0 aromatic rings. The first kappa shape index (κ1) is 15.0.